The van der Waals surface area contributed by atoms with E-state index in [1.165, 1.54) is 6.07 Å². The molecule has 156 valence electrons. The number of anilines is 2. The Morgan fingerprint density at radius 3 is 2.47 bits per heavy atom. The molecule has 0 aliphatic carbocycles. The van der Waals surface area contributed by atoms with Crippen LogP contribution in [0.15, 0.2) is 65.6 Å². The first-order chi connectivity index (χ1) is 14.4. The second-order valence-electron chi connectivity index (χ2n) is 7.56. The molecule has 30 heavy (non-hydrogen) atoms. The highest BCUT2D eigenvalue weighted by Gasteiger charge is 2.19. The molecule has 1 N–H and O–H groups in total. The maximum absolute atomic E-state index is 12.7. The van der Waals surface area contributed by atoms with Crippen LogP contribution in [-0.4, -0.2) is 31.7 Å². The lowest BCUT2D eigenvalue weighted by atomic mass is 9.99. The molecule has 1 aliphatic heterocycles. The van der Waals surface area contributed by atoms with Gasteiger partial charge in [-0.1, -0.05) is 42.8 Å². The lowest BCUT2D eigenvalue weighted by Crippen LogP contribution is -2.33. The van der Waals surface area contributed by atoms with Gasteiger partial charge in [0.2, 0.25) is 0 Å². The summed E-state index contributed by atoms with van der Waals surface area (Å²) in [5.74, 6) is 1.63. The summed E-state index contributed by atoms with van der Waals surface area (Å²) >= 11 is 6.05. The van der Waals surface area contributed by atoms with Crippen LogP contribution in [0.2, 0.25) is 5.02 Å². The molecule has 3 aromatic rings. The molecule has 0 bridgehead atoms. The Morgan fingerprint density at radius 1 is 1.00 bits per heavy atom. The van der Waals surface area contributed by atoms with Crippen LogP contribution in [0.5, 0.6) is 0 Å². The average molecular weight is 443 g/mol. The predicted octanol–water partition coefficient (Wildman–Crippen LogP) is 4.83. The van der Waals surface area contributed by atoms with Gasteiger partial charge in [-0.25, -0.2) is 8.42 Å². The van der Waals surface area contributed by atoms with Crippen LogP contribution in [0.1, 0.15) is 19.8 Å². The van der Waals surface area contributed by atoms with Crippen molar-refractivity contribution in [2.24, 2.45) is 5.92 Å². The fraction of sp³-hybridized carbons (Fsp3) is 0.273. The van der Waals surface area contributed by atoms with Gasteiger partial charge in [0.15, 0.2) is 5.82 Å². The van der Waals surface area contributed by atoms with Crippen LogP contribution in [0.3, 0.4) is 0 Å². The van der Waals surface area contributed by atoms with E-state index in [1.807, 2.05) is 18.2 Å². The molecule has 1 saturated heterocycles. The number of nitrogens with one attached hydrogen (secondary N) is 1. The van der Waals surface area contributed by atoms with Crippen molar-refractivity contribution in [1.29, 1.82) is 0 Å². The number of benzene rings is 2. The van der Waals surface area contributed by atoms with Gasteiger partial charge >= 0.3 is 0 Å². The minimum Gasteiger partial charge on any atom is -0.355 e. The summed E-state index contributed by atoms with van der Waals surface area (Å²) in [5, 5.41) is 8.93. The smallest absolute Gasteiger partial charge is 0.263 e. The third kappa shape index (κ3) is 4.57. The molecule has 6 nitrogen and oxygen atoms in total. The fourth-order valence-corrected chi connectivity index (χ4v) is 5.07. The van der Waals surface area contributed by atoms with Gasteiger partial charge in [-0.2, -0.15) is 0 Å². The Labute approximate surface area is 182 Å². The van der Waals surface area contributed by atoms with E-state index in [-0.39, 0.29) is 9.92 Å². The van der Waals surface area contributed by atoms with Crippen molar-refractivity contribution in [2.75, 3.05) is 22.7 Å². The molecule has 0 unspecified atom stereocenters. The monoisotopic (exact) mass is 442 g/mol. The molecule has 4 rings (SSSR count). The van der Waals surface area contributed by atoms with Crippen molar-refractivity contribution in [1.82, 2.24) is 10.2 Å². The molecule has 0 saturated carbocycles. The number of sulfonamides is 1. The van der Waals surface area contributed by atoms with Gasteiger partial charge in [-0.3, -0.25) is 4.72 Å². The van der Waals surface area contributed by atoms with Gasteiger partial charge < -0.3 is 4.90 Å². The van der Waals surface area contributed by atoms with Crippen LogP contribution < -0.4 is 9.62 Å². The number of aromatic nitrogens is 2. The number of halogens is 1. The van der Waals surface area contributed by atoms with E-state index in [4.69, 9.17) is 11.6 Å². The summed E-state index contributed by atoms with van der Waals surface area (Å²) in [6.45, 7) is 4.27. The van der Waals surface area contributed by atoms with Gasteiger partial charge in [0.1, 0.15) is 4.90 Å². The average Bonchev–Trinajstić information content (AvgIpc) is 2.74. The Hall–Kier alpha value is -2.64. The zero-order valence-corrected chi connectivity index (χ0v) is 18.2. The van der Waals surface area contributed by atoms with Crippen molar-refractivity contribution in [2.45, 2.75) is 24.7 Å². The number of hydrogen-bond acceptors (Lipinski definition) is 5. The highest BCUT2D eigenvalue weighted by atomic mass is 35.5. The molecular weight excluding hydrogens is 420 g/mol. The van der Waals surface area contributed by atoms with E-state index in [1.54, 1.807) is 36.4 Å². The van der Waals surface area contributed by atoms with Crippen LogP contribution in [0, 0.1) is 5.92 Å². The first kappa shape index (κ1) is 20.6. The zero-order valence-electron chi connectivity index (χ0n) is 16.6. The first-order valence-corrected chi connectivity index (χ1v) is 11.7. The summed E-state index contributed by atoms with van der Waals surface area (Å²) < 4.78 is 28.0. The topological polar surface area (TPSA) is 75.2 Å². The maximum atomic E-state index is 12.7. The highest BCUT2D eigenvalue weighted by Crippen LogP contribution is 2.27. The second kappa shape index (κ2) is 8.62. The number of nitrogens with zero attached hydrogens (tertiary/aromatic N) is 3. The summed E-state index contributed by atoms with van der Waals surface area (Å²) in [4.78, 5) is 2.29. The molecule has 2 heterocycles. The minimum absolute atomic E-state index is 0.0389. The van der Waals surface area contributed by atoms with Crippen LogP contribution in [0.25, 0.3) is 11.3 Å². The SMILES string of the molecule is CC1CCN(c2ccc(-c3cccc(NS(=O)(=O)c4ccccc4Cl)c3)nn2)CC1. The summed E-state index contributed by atoms with van der Waals surface area (Å²) in [6, 6.07) is 17.3. The maximum Gasteiger partial charge on any atom is 0.263 e. The molecule has 1 fully saturated rings. The summed E-state index contributed by atoms with van der Waals surface area (Å²) in [7, 11) is -3.79. The van der Waals surface area contributed by atoms with E-state index < -0.39 is 10.0 Å². The Morgan fingerprint density at radius 2 is 1.77 bits per heavy atom. The van der Waals surface area contributed by atoms with Crippen molar-refractivity contribution < 1.29 is 8.42 Å². The van der Waals surface area contributed by atoms with Gasteiger partial charge in [-0.15, -0.1) is 10.2 Å². The lowest BCUT2D eigenvalue weighted by molar-refractivity contribution is 0.436. The standard InChI is InChI=1S/C22H23ClN4O2S/c1-16-11-13-27(14-12-16)22-10-9-20(24-25-22)17-5-4-6-18(15-17)26-30(28,29)21-8-3-2-7-19(21)23/h2-10,15-16,26H,11-14H2,1H3. The third-order valence-electron chi connectivity index (χ3n) is 5.29. The fourth-order valence-electron chi connectivity index (χ4n) is 3.50. The molecule has 1 aromatic heterocycles. The largest absolute Gasteiger partial charge is 0.355 e. The second-order valence-corrected chi connectivity index (χ2v) is 9.62. The molecule has 0 amide bonds. The van der Waals surface area contributed by atoms with Crippen molar-refractivity contribution in [3.8, 4) is 11.3 Å². The predicted molar refractivity (Wildman–Crippen MR) is 120 cm³/mol. The minimum atomic E-state index is -3.79. The number of piperidine rings is 1. The van der Waals surface area contributed by atoms with E-state index in [0.29, 0.717) is 11.4 Å². The molecule has 0 spiro atoms. The van der Waals surface area contributed by atoms with Gasteiger partial charge in [0.05, 0.1) is 10.7 Å². The third-order valence-corrected chi connectivity index (χ3v) is 7.18. The zero-order chi connectivity index (χ0) is 21.1. The van der Waals surface area contributed by atoms with Crippen molar-refractivity contribution >= 4 is 33.1 Å². The first-order valence-electron chi connectivity index (χ1n) is 9.89. The number of rotatable bonds is 5. The van der Waals surface area contributed by atoms with E-state index in [9.17, 15) is 8.42 Å². The molecular formula is C22H23ClN4O2S. The van der Waals surface area contributed by atoms with Gasteiger partial charge in [0, 0.05) is 24.3 Å². The lowest BCUT2D eigenvalue weighted by Gasteiger charge is -2.30. The summed E-state index contributed by atoms with van der Waals surface area (Å²) in [6.07, 6.45) is 2.33. The molecule has 0 atom stereocenters. The van der Waals surface area contributed by atoms with E-state index in [0.717, 1.165) is 43.2 Å². The molecule has 1 aliphatic rings. The molecule has 0 radical (unpaired) electrons. The van der Waals surface area contributed by atoms with E-state index >= 15 is 0 Å². The van der Waals surface area contributed by atoms with Crippen molar-refractivity contribution in [3.63, 3.8) is 0 Å². The summed E-state index contributed by atoms with van der Waals surface area (Å²) in [5.41, 5.74) is 1.90. The number of hydrogen-bond donors (Lipinski definition) is 1. The normalized spacial score (nSPS) is 15.2. The quantitative estimate of drug-likeness (QED) is 0.612. The molecule has 8 heteroatoms. The molecule has 2 aromatic carbocycles. The Balaban J connectivity index is 1.53. The van der Waals surface area contributed by atoms with Gasteiger partial charge in [0.25, 0.3) is 10.0 Å². The Kier molecular flexibility index (Phi) is 5.92. The highest BCUT2D eigenvalue weighted by molar-refractivity contribution is 7.92. The van der Waals surface area contributed by atoms with Crippen LogP contribution in [0.4, 0.5) is 11.5 Å². The van der Waals surface area contributed by atoms with Gasteiger partial charge in [-0.05, 0) is 55.2 Å². The van der Waals surface area contributed by atoms with Crippen LogP contribution >= 0.6 is 11.6 Å². The van der Waals surface area contributed by atoms with E-state index in [2.05, 4.69) is 26.7 Å². The van der Waals surface area contributed by atoms with Crippen molar-refractivity contribution in [3.05, 3.63) is 65.7 Å². The Bertz CT molecular complexity index is 1130. The van der Waals surface area contributed by atoms with Crippen LogP contribution in [-0.2, 0) is 10.0 Å².